The Balaban J connectivity index is 1.60. The summed E-state index contributed by atoms with van der Waals surface area (Å²) in [4.78, 5) is 14.6. The minimum Gasteiger partial charge on any atom is -0.299 e. The molecule has 0 aliphatic carbocycles. The minimum absolute atomic E-state index is 0.0599. The quantitative estimate of drug-likeness (QED) is 0.765. The largest absolute Gasteiger partial charge is 0.299 e. The predicted octanol–water partition coefficient (Wildman–Crippen LogP) is 4.57. The van der Waals surface area contributed by atoms with E-state index in [9.17, 15) is 9.18 Å². The molecule has 2 aromatic carbocycles. The van der Waals surface area contributed by atoms with Crippen LogP contribution in [0.15, 0.2) is 48.5 Å². The van der Waals surface area contributed by atoms with Gasteiger partial charge < -0.3 is 0 Å². The van der Waals surface area contributed by atoms with Gasteiger partial charge in [-0.2, -0.15) is 0 Å². The highest BCUT2D eigenvalue weighted by molar-refractivity contribution is 6.31. The first-order chi connectivity index (χ1) is 11.1. The first-order valence-corrected chi connectivity index (χ1v) is 8.27. The fraction of sp³-hybridized carbons (Fsp3) is 0.316. The van der Waals surface area contributed by atoms with Crippen LogP contribution >= 0.6 is 11.6 Å². The van der Waals surface area contributed by atoms with E-state index >= 15 is 0 Å². The van der Waals surface area contributed by atoms with Crippen LogP contribution in [0.25, 0.3) is 0 Å². The van der Waals surface area contributed by atoms with Crippen molar-refractivity contribution in [2.45, 2.75) is 19.4 Å². The normalized spacial score (nSPS) is 16.4. The Labute approximate surface area is 140 Å². The second kappa shape index (κ2) is 7.24. The predicted molar refractivity (Wildman–Crippen MR) is 90.2 cm³/mol. The van der Waals surface area contributed by atoms with E-state index in [4.69, 9.17) is 11.6 Å². The molecule has 0 N–H and O–H groups in total. The topological polar surface area (TPSA) is 20.3 Å². The van der Waals surface area contributed by atoms with Gasteiger partial charge in [0.25, 0.3) is 0 Å². The van der Waals surface area contributed by atoms with Gasteiger partial charge in [-0.1, -0.05) is 48.0 Å². The van der Waals surface area contributed by atoms with Gasteiger partial charge in [-0.3, -0.25) is 9.69 Å². The van der Waals surface area contributed by atoms with Crippen molar-refractivity contribution in [3.8, 4) is 0 Å². The number of rotatable bonds is 4. The third-order valence-electron chi connectivity index (χ3n) is 4.46. The zero-order valence-electron chi connectivity index (χ0n) is 12.8. The van der Waals surface area contributed by atoms with Gasteiger partial charge in [0.2, 0.25) is 0 Å². The maximum Gasteiger partial charge on any atom is 0.166 e. The lowest BCUT2D eigenvalue weighted by molar-refractivity contribution is 0.0834. The lowest BCUT2D eigenvalue weighted by atomic mass is 9.89. The molecule has 1 saturated heterocycles. The molecule has 0 amide bonds. The molecule has 2 aromatic rings. The number of likely N-dealkylation sites (tertiary alicyclic amines) is 1. The molecule has 0 aromatic heterocycles. The van der Waals surface area contributed by atoms with Gasteiger partial charge in [-0.15, -0.1) is 0 Å². The van der Waals surface area contributed by atoms with Crippen LogP contribution in [0.5, 0.6) is 0 Å². The van der Waals surface area contributed by atoms with E-state index in [-0.39, 0.29) is 17.5 Å². The fourth-order valence-electron chi connectivity index (χ4n) is 3.10. The van der Waals surface area contributed by atoms with E-state index in [0.717, 1.165) is 31.5 Å². The monoisotopic (exact) mass is 331 g/mol. The van der Waals surface area contributed by atoms with Gasteiger partial charge in [0, 0.05) is 28.6 Å². The summed E-state index contributed by atoms with van der Waals surface area (Å²) in [5.41, 5.74) is 1.32. The molecule has 0 spiro atoms. The number of benzene rings is 2. The number of nitrogens with zero attached hydrogens (tertiary/aromatic N) is 1. The lowest BCUT2D eigenvalue weighted by Gasteiger charge is -2.31. The minimum atomic E-state index is -0.264. The van der Waals surface area contributed by atoms with Gasteiger partial charge in [0.15, 0.2) is 5.78 Å². The van der Waals surface area contributed by atoms with Gasteiger partial charge >= 0.3 is 0 Å². The van der Waals surface area contributed by atoms with Crippen molar-refractivity contribution < 1.29 is 9.18 Å². The standard InChI is InChI=1S/C19H19ClFNO/c20-17-7-4-8-18(21)16(17)13-22-11-9-15(10-12-22)19(23)14-5-2-1-3-6-14/h1-8,15H,9-13H2. The van der Waals surface area contributed by atoms with Crippen LogP contribution in [0.3, 0.4) is 0 Å². The molecule has 0 bridgehead atoms. The Morgan fingerprint density at radius 3 is 2.43 bits per heavy atom. The van der Waals surface area contributed by atoms with Crippen LogP contribution in [0.2, 0.25) is 5.02 Å². The van der Waals surface area contributed by atoms with E-state index in [1.54, 1.807) is 12.1 Å². The Kier molecular flexibility index (Phi) is 5.09. The molecule has 1 aliphatic heterocycles. The van der Waals surface area contributed by atoms with Gasteiger partial charge in [0.05, 0.1) is 0 Å². The highest BCUT2D eigenvalue weighted by atomic mass is 35.5. The summed E-state index contributed by atoms with van der Waals surface area (Å²) in [6, 6.07) is 14.2. The van der Waals surface area contributed by atoms with Crippen LogP contribution in [0, 0.1) is 11.7 Å². The second-order valence-electron chi connectivity index (χ2n) is 5.98. The molecule has 4 heteroatoms. The number of ketones is 1. The van der Waals surface area contributed by atoms with Crippen molar-refractivity contribution in [2.24, 2.45) is 5.92 Å². The van der Waals surface area contributed by atoms with E-state index in [1.807, 2.05) is 30.3 Å². The molecule has 1 aliphatic rings. The first-order valence-electron chi connectivity index (χ1n) is 7.89. The van der Waals surface area contributed by atoms with Crippen LogP contribution in [0.4, 0.5) is 4.39 Å². The summed E-state index contributed by atoms with van der Waals surface area (Å²) in [5, 5.41) is 0.465. The first kappa shape index (κ1) is 16.2. The number of piperidine rings is 1. The molecule has 0 radical (unpaired) electrons. The average Bonchev–Trinajstić information content (AvgIpc) is 2.59. The molecular weight excluding hydrogens is 313 g/mol. The maximum atomic E-state index is 13.9. The molecule has 120 valence electrons. The number of hydrogen-bond acceptors (Lipinski definition) is 2. The smallest absolute Gasteiger partial charge is 0.166 e. The third-order valence-corrected chi connectivity index (χ3v) is 4.81. The van der Waals surface area contributed by atoms with Gasteiger partial charge in [-0.25, -0.2) is 4.39 Å². The summed E-state index contributed by atoms with van der Waals surface area (Å²) in [7, 11) is 0. The number of carbonyl (C=O) groups is 1. The lowest BCUT2D eigenvalue weighted by Crippen LogP contribution is -2.36. The molecule has 23 heavy (non-hydrogen) atoms. The summed E-state index contributed by atoms with van der Waals surface area (Å²) in [5.74, 6) is 0.0129. The van der Waals surface area contributed by atoms with Crippen molar-refractivity contribution >= 4 is 17.4 Å². The number of Topliss-reactive ketones (excluding diaryl/α,β-unsaturated/α-hetero) is 1. The van der Waals surface area contributed by atoms with E-state index < -0.39 is 0 Å². The molecule has 1 heterocycles. The molecule has 1 fully saturated rings. The summed E-state index contributed by atoms with van der Waals surface area (Å²) >= 11 is 6.09. The van der Waals surface area contributed by atoms with Crippen molar-refractivity contribution in [3.63, 3.8) is 0 Å². The Hall–Kier alpha value is -1.71. The summed E-state index contributed by atoms with van der Waals surface area (Å²) in [6.45, 7) is 2.07. The third kappa shape index (κ3) is 3.80. The maximum absolute atomic E-state index is 13.9. The molecule has 0 unspecified atom stereocenters. The highest BCUT2D eigenvalue weighted by Crippen LogP contribution is 2.26. The molecule has 0 atom stereocenters. The molecule has 2 nitrogen and oxygen atoms in total. The van der Waals surface area contributed by atoms with Crippen molar-refractivity contribution in [3.05, 3.63) is 70.5 Å². The SMILES string of the molecule is O=C(c1ccccc1)C1CCN(Cc2c(F)cccc2Cl)CC1. The van der Waals surface area contributed by atoms with Gasteiger partial charge in [0.1, 0.15) is 5.82 Å². The van der Waals surface area contributed by atoms with Crippen molar-refractivity contribution in [1.82, 2.24) is 4.90 Å². The van der Waals surface area contributed by atoms with Crippen molar-refractivity contribution in [1.29, 1.82) is 0 Å². The Morgan fingerprint density at radius 2 is 1.78 bits per heavy atom. The summed E-state index contributed by atoms with van der Waals surface area (Å²) < 4.78 is 13.9. The molecular formula is C19H19ClFNO. The van der Waals surface area contributed by atoms with Crippen LogP contribution in [-0.4, -0.2) is 23.8 Å². The Bertz CT molecular complexity index is 661. The zero-order chi connectivity index (χ0) is 16.2. The van der Waals surface area contributed by atoms with Gasteiger partial charge in [-0.05, 0) is 38.1 Å². The van der Waals surface area contributed by atoms with E-state index in [1.165, 1.54) is 6.07 Å². The number of carbonyl (C=O) groups excluding carboxylic acids is 1. The number of halogens is 2. The van der Waals surface area contributed by atoms with Crippen LogP contribution in [-0.2, 0) is 6.54 Å². The Morgan fingerprint density at radius 1 is 1.09 bits per heavy atom. The highest BCUT2D eigenvalue weighted by Gasteiger charge is 2.26. The summed E-state index contributed by atoms with van der Waals surface area (Å²) in [6.07, 6.45) is 1.61. The molecule has 3 rings (SSSR count). The average molecular weight is 332 g/mol. The van der Waals surface area contributed by atoms with E-state index in [0.29, 0.717) is 17.1 Å². The van der Waals surface area contributed by atoms with E-state index in [2.05, 4.69) is 4.90 Å². The fourth-order valence-corrected chi connectivity index (χ4v) is 3.32. The molecule has 0 saturated carbocycles. The van der Waals surface area contributed by atoms with Crippen molar-refractivity contribution in [2.75, 3.05) is 13.1 Å². The van der Waals surface area contributed by atoms with Crippen LogP contribution in [0.1, 0.15) is 28.8 Å². The second-order valence-corrected chi connectivity index (χ2v) is 6.39. The van der Waals surface area contributed by atoms with Crippen LogP contribution < -0.4 is 0 Å². The number of hydrogen-bond donors (Lipinski definition) is 0. The zero-order valence-corrected chi connectivity index (χ0v) is 13.6.